The molecular formula is C32H44O4. The van der Waals surface area contributed by atoms with Gasteiger partial charge in [-0.25, -0.2) is 0 Å². The molecule has 5 aliphatic rings. The van der Waals surface area contributed by atoms with Crippen molar-refractivity contribution in [3.63, 3.8) is 0 Å². The molecule has 0 amide bonds. The monoisotopic (exact) mass is 492 g/mol. The van der Waals surface area contributed by atoms with Crippen LogP contribution in [0, 0.1) is 39.9 Å². The molecule has 4 heteroatoms. The first-order valence-electron chi connectivity index (χ1n) is 14.2. The van der Waals surface area contributed by atoms with E-state index in [-0.39, 0.29) is 39.9 Å². The van der Waals surface area contributed by atoms with Crippen molar-refractivity contribution >= 4 is 17.5 Å². The molecule has 3 saturated carbocycles. The van der Waals surface area contributed by atoms with Crippen LogP contribution in [-0.4, -0.2) is 23.6 Å². The number of hydrogen-bond acceptors (Lipinski definition) is 4. The Bertz CT molecular complexity index is 1020. The lowest BCUT2D eigenvalue weighted by molar-refractivity contribution is -0.156. The maximum Gasteiger partial charge on any atom is 0.302 e. The van der Waals surface area contributed by atoms with Gasteiger partial charge in [0.15, 0.2) is 0 Å². The molecule has 0 aliphatic heterocycles. The fraction of sp³-hybridized carbons (Fsp3) is 0.719. The van der Waals surface area contributed by atoms with E-state index in [1.54, 1.807) is 6.92 Å². The summed E-state index contributed by atoms with van der Waals surface area (Å²) < 4.78 is 5.80. The number of fused-ring (bicyclic) bond motifs is 5. The van der Waals surface area contributed by atoms with Crippen molar-refractivity contribution in [3.05, 3.63) is 35.5 Å². The number of esters is 1. The van der Waals surface area contributed by atoms with Crippen molar-refractivity contribution in [2.45, 2.75) is 105 Å². The van der Waals surface area contributed by atoms with E-state index in [4.69, 9.17) is 4.74 Å². The molecule has 3 fully saturated rings. The number of allylic oxidation sites excluding steroid dienone is 6. The Kier molecular flexibility index (Phi) is 6.49. The van der Waals surface area contributed by atoms with E-state index in [9.17, 15) is 14.4 Å². The largest absolute Gasteiger partial charge is 0.462 e. The molecule has 196 valence electrons. The summed E-state index contributed by atoms with van der Waals surface area (Å²) >= 11 is 0. The third-order valence-electron chi connectivity index (χ3n) is 10.8. The first-order chi connectivity index (χ1) is 16.9. The van der Waals surface area contributed by atoms with Gasteiger partial charge in [0.25, 0.3) is 0 Å². The molecule has 6 atom stereocenters. The summed E-state index contributed by atoms with van der Waals surface area (Å²) in [7, 11) is 0. The molecule has 0 saturated heterocycles. The van der Waals surface area contributed by atoms with Crippen molar-refractivity contribution in [2.24, 2.45) is 39.9 Å². The van der Waals surface area contributed by atoms with E-state index < -0.39 is 5.92 Å². The minimum Gasteiger partial charge on any atom is -0.462 e. The van der Waals surface area contributed by atoms with Crippen LogP contribution in [0.5, 0.6) is 0 Å². The lowest BCUT2D eigenvalue weighted by atomic mass is 9.48. The van der Waals surface area contributed by atoms with Crippen LogP contribution in [0.1, 0.15) is 98.8 Å². The molecule has 0 aromatic carbocycles. The lowest BCUT2D eigenvalue weighted by Gasteiger charge is -2.56. The van der Waals surface area contributed by atoms with Crippen LogP contribution in [0.3, 0.4) is 0 Å². The van der Waals surface area contributed by atoms with Crippen LogP contribution >= 0.6 is 0 Å². The van der Waals surface area contributed by atoms with E-state index in [1.165, 1.54) is 24.0 Å². The van der Waals surface area contributed by atoms with Crippen molar-refractivity contribution in [1.82, 2.24) is 0 Å². The number of ether oxygens (including phenoxy) is 1. The molecule has 0 N–H and O–H groups in total. The summed E-state index contributed by atoms with van der Waals surface area (Å²) in [6.45, 7) is 10.4. The van der Waals surface area contributed by atoms with Gasteiger partial charge in [0, 0.05) is 25.2 Å². The van der Waals surface area contributed by atoms with Crippen LogP contribution in [0.15, 0.2) is 35.5 Å². The first kappa shape index (κ1) is 25.7. The summed E-state index contributed by atoms with van der Waals surface area (Å²) in [6.07, 6.45) is 18.6. The molecule has 0 unspecified atom stereocenters. The van der Waals surface area contributed by atoms with Crippen LogP contribution in [0.4, 0.5) is 0 Å². The third-order valence-corrected chi connectivity index (χ3v) is 10.8. The maximum atomic E-state index is 12.5. The second-order valence-electron chi connectivity index (χ2n) is 13.8. The Labute approximate surface area is 217 Å². The number of Topliss-reactive ketones (excluding diaryl/α,β-unsaturated/α-hetero) is 2. The van der Waals surface area contributed by atoms with Crippen LogP contribution in [0.2, 0.25) is 0 Å². The van der Waals surface area contributed by atoms with E-state index in [0.29, 0.717) is 37.0 Å². The summed E-state index contributed by atoms with van der Waals surface area (Å²) in [5.74, 6) is 1.64. The van der Waals surface area contributed by atoms with Gasteiger partial charge < -0.3 is 4.74 Å². The number of hydrogen-bond donors (Lipinski definition) is 0. The van der Waals surface area contributed by atoms with Crippen LogP contribution in [-0.2, 0) is 19.1 Å². The third kappa shape index (κ3) is 4.37. The van der Waals surface area contributed by atoms with Gasteiger partial charge in [-0.05, 0) is 91.1 Å². The summed E-state index contributed by atoms with van der Waals surface area (Å²) in [5, 5.41) is 0. The van der Waals surface area contributed by atoms with E-state index in [1.807, 2.05) is 13.8 Å². The van der Waals surface area contributed by atoms with Gasteiger partial charge in [0.05, 0.1) is 5.92 Å². The molecule has 4 nitrogen and oxygen atoms in total. The molecule has 5 rings (SSSR count). The Morgan fingerprint density at radius 3 is 2.44 bits per heavy atom. The molecule has 0 spiro atoms. The Morgan fingerprint density at radius 1 is 1.03 bits per heavy atom. The summed E-state index contributed by atoms with van der Waals surface area (Å²) in [5.41, 5.74) is 2.95. The Hall–Kier alpha value is -1.97. The number of carbonyl (C=O) groups excluding carboxylic acids is 3. The quantitative estimate of drug-likeness (QED) is 0.315. The topological polar surface area (TPSA) is 60.4 Å². The van der Waals surface area contributed by atoms with Crippen molar-refractivity contribution < 1.29 is 19.1 Å². The van der Waals surface area contributed by atoms with E-state index >= 15 is 0 Å². The fourth-order valence-corrected chi connectivity index (χ4v) is 8.87. The van der Waals surface area contributed by atoms with Gasteiger partial charge in [-0.15, -0.1) is 0 Å². The van der Waals surface area contributed by atoms with Gasteiger partial charge in [0.2, 0.25) is 0 Å². The van der Waals surface area contributed by atoms with Crippen molar-refractivity contribution in [3.8, 4) is 0 Å². The number of ketones is 2. The molecule has 5 aliphatic carbocycles. The Balaban J connectivity index is 1.28. The zero-order chi connectivity index (χ0) is 25.9. The molecule has 0 aromatic heterocycles. The van der Waals surface area contributed by atoms with E-state index in [2.05, 4.69) is 38.2 Å². The smallest absolute Gasteiger partial charge is 0.302 e. The normalized spacial score (nSPS) is 40.2. The van der Waals surface area contributed by atoms with Crippen LogP contribution < -0.4 is 0 Å². The minimum atomic E-state index is -0.447. The molecule has 36 heavy (non-hydrogen) atoms. The van der Waals surface area contributed by atoms with Crippen molar-refractivity contribution in [2.75, 3.05) is 0 Å². The fourth-order valence-electron chi connectivity index (χ4n) is 8.87. The van der Waals surface area contributed by atoms with E-state index in [0.717, 1.165) is 32.1 Å². The number of rotatable bonds is 4. The summed E-state index contributed by atoms with van der Waals surface area (Å²) in [6, 6.07) is 0. The Morgan fingerprint density at radius 2 is 1.75 bits per heavy atom. The maximum absolute atomic E-state index is 12.5. The average Bonchev–Trinajstić information content (AvgIpc) is 3.10. The second-order valence-corrected chi connectivity index (χ2v) is 13.8. The highest BCUT2D eigenvalue weighted by atomic mass is 16.5. The molecular weight excluding hydrogens is 448 g/mol. The zero-order valence-electron chi connectivity index (χ0n) is 22.9. The van der Waals surface area contributed by atoms with Crippen LogP contribution in [0.25, 0.3) is 0 Å². The van der Waals surface area contributed by atoms with Gasteiger partial charge >= 0.3 is 5.97 Å². The number of carbonyl (C=O) groups is 3. The SMILES string of the molecule is CC(=O)O[C@H]1CC[C@H]2[C@@H]3CC=C4C=C(/C=C/CC5C(=O)CC(C)(C)CC5=O)CC[C@]4(C)[C@H]3CC[C@]12C. The molecule has 0 heterocycles. The highest BCUT2D eigenvalue weighted by Gasteiger charge is 2.59. The summed E-state index contributed by atoms with van der Waals surface area (Å²) in [4.78, 5) is 36.8. The lowest BCUT2D eigenvalue weighted by Crippen LogP contribution is -2.50. The van der Waals surface area contributed by atoms with Crippen molar-refractivity contribution in [1.29, 1.82) is 0 Å². The van der Waals surface area contributed by atoms with Gasteiger partial charge in [-0.3, -0.25) is 14.4 Å². The zero-order valence-corrected chi connectivity index (χ0v) is 22.9. The van der Waals surface area contributed by atoms with Gasteiger partial charge in [-0.2, -0.15) is 0 Å². The average molecular weight is 493 g/mol. The predicted molar refractivity (Wildman–Crippen MR) is 141 cm³/mol. The molecule has 0 aromatic rings. The first-order valence-corrected chi connectivity index (χ1v) is 14.2. The second kappa shape index (κ2) is 9.10. The highest BCUT2D eigenvalue weighted by Crippen LogP contribution is 2.65. The van der Waals surface area contributed by atoms with Gasteiger partial charge in [0.1, 0.15) is 17.7 Å². The van der Waals surface area contributed by atoms with Gasteiger partial charge in [-0.1, -0.05) is 52.0 Å². The standard InChI is InChI=1S/C32H44O4/c1-20(33)36-29-12-11-25-23-10-9-22-17-21(13-15-31(22,4)26(23)14-16-32(25,29)5)7-6-8-24-27(34)18-30(2,3)19-28(24)35/h6-7,9,17,23-26,29H,8,10-16,18-19H2,1-5H3/b7-6+/t23-,25-,26-,29-,31-,32-/m0/s1. The predicted octanol–water partition coefficient (Wildman–Crippen LogP) is 6.94. The molecule has 0 bridgehead atoms. The molecule has 0 radical (unpaired) electrons. The minimum absolute atomic E-state index is 0.0797. The highest BCUT2D eigenvalue weighted by molar-refractivity contribution is 6.05.